The maximum atomic E-state index is 14.9. The van der Waals surface area contributed by atoms with Crippen LogP contribution in [0.1, 0.15) is 28.8 Å². The molecule has 0 spiro atoms. The van der Waals surface area contributed by atoms with Gasteiger partial charge in [0.15, 0.2) is 6.79 Å². The van der Waals surface area contributed by atoms with E-state index >= 15 is 0 Å². The van der Waals surface area contributed by atoms with Crippen LogP contribution in [-0.2, 0) is 16.0 Å². The zero-order chi connectivity index (χ0) is 26.7. The Morgan fingerprint density at radius 3 is 2.58 bits per heavy atom. The Balaban J connectivity index is 1.30. The molecule has 1 amide bonds. The number of rotatable bonds is 12. The number of carbonyl (C=O) groups excluding carboxylic acids is 1. The number of amides is 1. The first-order valence-electron chi connectivity index (χ1n) is 12.6. The molecule has 202 valence electrons. The number of carbonyl (C=O) groups is 1. The van der Waals surface area contributed by atoms with Crippen molar-refractivity contribution in [3.05, 3.63) is 88.7 Å². The molecule has 0 saturated carbocycles. The zero-order valence-corrected chi connectivity index (χ0v) is 22.2. The van der Waals surface area contributed by atoms with Crippen LogP contribution in [0.15, 0.2) is 66.7 Å². The van der Waals surface area contributed by atoms with E-state index in [-0.39, 0.29) is 18.4 Å². The van der Waals surface area contributed by atoms with Crippen LogP contribution < -0.4 is 15.4 Å². The topological polar surface area (TPSA) is 72.1 Å². The number of hydrogen-bond donors (Lipinski definition) is 2. The molecular formula is C29H33ClFN3O4. The van der Waals surface area contributed by atoms with Gasteiger partial charge in [-0.05, 0) is 54.8 Å². The maximum Gasteiger partial charge on any atom is 0.259 e. The molecule has 9 heteroatoms. The molecule has 38 heavy (non-hydrogen) atoms. The van der Waals surface area contributed by atoms with E-state index in [9.17, 15) is 9.18 Å². The molecule has 0 atom stereocenters. The van der Waals surface area contributed by atoms with Crippen molar-refractivity contribution in [3.63, 3.8) is 0 Å². The highest BCUT2D eigenvalue weighted by atomic mass is 35.5. The molecule has 0 radical (unpaired) electrons. The van der Waals surface area contributed by atoms with E-state index in [4.69, 9.17) is 25.8 Å². The Labute approximate surface area is 227 Å². The van der Waals surface area contributed by atoms with E-state index in [1.54, 1.807) is 31.4 Å². The lowest BCUT2D eigenvalue weighted by molar-refractivity contribution is -0.00872. The van der Waals surface area contributed by atoms with Gasteiger partial charge in [0.25, 0.3) is 5.91 Å². The van der Waals surface area contributed by atoms with Gasteiger partial charge in [-0.25, -0.2) is 4.39 Å². The van der Waals surface area contributed by atoms with Gasteiger partial charge in [-0.3, -0.25) is 9.69 Å². The Hall–Kier alpha value is -3.17. The fraction of sp³-hybridized carbons (Fsp3) is 0.345. The van der Waals surface area contributed by atoms with E-state index in [2.05, 4.69) is 39.8 Å². The molecule has 1 fully saturated rings. The molecular weight excluding hydrogens is 509 g/mol. The monoisotopic (exact) mass is 541 g/mol. The summed E-state index contributed by atoms with van der Waals surface area (Å²) in [4.78, 5) is 15.4. The number of halogens is 2. The summed E-state index contributed by atoms with van der Waals surface area (Å²) in [7, 11) is 1.58. The third kappa shape index (κ3) is 8.16. The molecule has 0 aliphatic carbocycles. The van der Waals surface area contributed by atoms with Crippen LogP contribution >= 0.6 is 11.6 Å². The van der Waals surface area contributed by atoms with E-state index in [1.807, 2.05) is 6.07 Å². The summed E-state index contributed by atoms with van der Waals surface area (Å²) in [5.41, 5.74) is 2.27. The highest BCUT2D eigenvalue weighted by Crippen LogP contribution is 2.26. The number of anilines is 2. The highest BCUT2D eigenvalue weighted by molar-refractivity contribution is 6.31. The normalized spacial score (nSPS) is 14.3. The number of likely N-dealkylation sites (tertiary alicyclic amines) is 1. The Morgan fingerprint density at radius 1 is 1.05 bits per heavy atom. The quantitative estimate of drug-likeness (QED) is 0.223. The highest BCUT2D eigenvalue weighted by Gasteiger charge is 2.20. The summed E-state index contributed by atoms with van der Waals surface area (Å²) < 4.78 is 30.8. The summed E-state index contributed by atoms with van der Waals surface area (Å²) in [5, 5.41) is 6.43. The Bertz CT molecular complexity index is 1190. The van der Waals surface area contributed by atoms with Crippen LogP contribution in [0, 0.1) is 5.82 Å². The predicted molar refractivity (Wildman–Crippen MR) is 147 cm³/mol. The van der Waals surface area contributed by atoms with Crippen molar-refractivity contribution >= 4 is 28.9 Å². The number of piperidine rings is 1. The predicted octanol–water partition coefficient (Wildman–Crippen LogP) is 5.81. The van der Waals surface area contributed by atoms with Gasteiger partial charge in [0.05, 0.1) is 24.5 Å². The van der Waals surface area contributed by atoms with E-state index in [1.165, 1.54) is 17.7 Å². The second-order valence-corrected chi connectivity index (χ2v) is 9.57. The molecule has 0 bridgehead atoms. The number of hydrogen-bond acceptors (Lipinski definition) is 6. The molecule has 1 aliphatic rings. The smallest absolute Gasteiger partial charge is 0.259 e. The van der Waals surface area contributed by atoms with Gasteiger partial charge in [-0.1, -0.05) is 41.9 Å². The first kappa shape index (κ1) is 27.9. The molecule has 1 heterocycles. The van der Waals surface area contributed by atoms with Gasteiger partial charge in [0.2, 0.25) is 0 Å². The van der Waals surface area contributed by atoms with Crippen LogP contribution in [0.4, 0.5) is 15.8 Å². The third-order valence-corrected chi connectivity index (χ3v) is 6.57. The van der Waals surface area contributed by atoms with Crippen LogP contribution in [0.5, 0.6) is 5.75 Å². The fourth-order valence-electron chi connectivity index (χ4n) is 4.32. The minimum atomic E-state index is -0.467. The van der Waals surface area contributed by atoms with E-state index in [0.29, 0.717) is 35.4 Å². The molecule has 3 aromatic rings. The standard InChI is InChI=1S/C29H33ClFN3O4/c1-36-15-16-37-20-38-28-10-7-22(30)17-25(28)29(35)33-24-8-9-27(26(31)18-24)32-23-11-13-34(14-12-23)19-21-5-3-2-4-6-21/h2-10,17-18,23,32H,11-16,19-20H2,1H3,(H,33,35). The molecule has 0 unspecified atom stereocenters. The van der Waals surface area contributed by atoms with E-state index in [0.717, 1.165) is 32.5 Å². The maximum absolute atomic E-state index is 14.9. The van der Waals surface area contributed by atoms with Crippen LogP contribution in [0.3, 0.4) is 0 Å². The summed E-state index contributed by atoms with van der Waals surface area (Å²) in [6, 6.07) is 19.9. The average molecular weight is 542 g/mol. The van der Waals surface area contributed by atoms with Gasteiger partial charge in [-0.15, -0.1) is 0 Å². The number of ether oxygens (including phenoxy) is 3. The van der Waals surface area contributed by atoms with Crippen LogP contribution in [-0.4, -0.2) is 57.1 Å². The molecule has 3 aromatic carbocycles. The van der Waals surface area contributed by atoms with Crippen LogP contribution in [0.2, 0.25) is 5.02 Å². The SMILES string of the molecule is COCCOCOc1ccc(Cl)cc1C(=O)Nc1ccc(NC2CCN(Cc3ccccc3)CC2)c(F)c1. The number of methoxy groups -OCH3 is 1. The Morgan fingerprint density at radius 2 is 1.84 bits per heavy atom. The second kappa shape index (κ2) is 14.1. The summed E-state index contributed by atoms with van der Waals surface area (Å²) in [6.45, 7) is 3.56. The first-order valence-corrected chi connectivity index (χ1v) is 13.0. The van der Waals surface area contributed by atoms with Gasteiger partial charge >= 0.3 is 0 Å². The van der Waals surface area contributed by atoms with Crippen molar-refractivity contribution < 1.29 is 23.4 Å². The van der Waals surface area contributed by atoms with Crippen molar-refractivity contribution in [3.8, 4) is 5.75 Å². The minimum Gasteiger partial charge on any atom is -0.467 e. The zero-order valence-electron chi connectivity index (χ0n) is 21.4. The summed E-state index contributed by atoms with van der Waals surface area (Å²) in [6.07, 6.45) is 1.86. The van der Waals surface area contributed by atoms with Gasteiger partial charge in [0.1, 0.15) is 11.6 Å². The van der Waals surface area contributed by atoms with Crippen LogP contribution in [0.25, 0.3) is 0 Å². The fourth-order valence-corrected chi connectivity index (χ4v) is 4.49. The summed E-state index contributed by atoms with van der Waals surface area (Å²) >= 11 is 6.10. The lowest BCUT2D eigenvalue weighted by atomic mass is 10.0. The van der Waals surface area contributed by atoms with Crippen molar-refractivity contribution in [1.29, 1.82) is 0 Å². The molecule has 0 aromatic heterocycles. The number of nitrogens with zero attached hydrogens (tertiary/aromatic N) is 1. The summed E-state index contributed by atoms with van der Waals surface area (Å²) in [5.74, 6) is -0.587. The minimum absolute atomic E-state index is 0.0501. The second-order valence-electron chi connectivity index (χ2n) is 9.13. The number of nitrogens with one attached hydrogen (secondary N) is 2. The lowest BCUT2D eigenvalue weighted by Crippen LogP contribution is -2.38. The Kier molecular flexibility index (Phi) is 10.3. The van der Waals surface area contributed by atoms with Crippen molar-refractivity contribution in [2.45, 2.75) is 25.4 Å². The molecule has 1 saturated heterocycles. The molecule has 1 aliphatic heterocycles. The molecule has 7 nitrogen and oxygen atoms in total. The average Bonchev–Trinajstić information content (AvgIpc) is 2.92. The largest absolute Gasteiger partial charge is 0.467 e. The van der Waals surface area contributed by atoms with Crippen molar-refractivity contribution in [1.82, 2.24) is 4.90 Å². The van der Waals surface area contributed by atoms with E-state index < -0.39 is 11.7 Å². The first-order chi connectivity index (χ1) is 18.5. The van der Waals surface area contributed by atoms with Crippen molar-refractivity contribution in [2.75, 3.05) is 50.8 Å². The van der Waals surface area contributed by atoms with Gasteiger partial charge < -0.3 is 24.8 Å². The van der Waals surface area contributed by atoms with Gasteiger partial charge in [0, 0.05) is 43.5 Å². The van der Waals surface area contributed by atoms with Gasteiger partial charge in [-0.2, -0.15) is 0 Å². The molecule has 4 rings (SSSR count). The number of benzene rings is 3. The third-order valence-electron chi connectivity index (χ3n) is 6.34. The lowest BCUT2D eigenvalue weighted by Gasteiger charge is -2.33. The van der Waals surface area contributed by atoms with Crippen molar-refractivity contribution in [2.24, 2.45) is 0 Å². The molecule has 2 N–H and O–H groups in total.